The van der Waals surface area contributed by atoms with Crippen LogP contribution in [0.3, 0.4) is 0 Å². The van der Waals surface area contributed by atoms with E-state index in [0.29, 0.717) is 12.2 Å². The fourth-order valence-corrected chi connectivity index (χ4v) is 3.24. The van der Waals surface area contributed by atoms with Gasteiger partial charge in [-0.05, 0) is 64.2 Å². The van der Waals surface area contributed by atoms with E-state index in [2.05, 4.69) is 4.72 Å². The molecule has 0 fully saturated rings. The van der Waals surface area contributed by atoms with E-state index in [0.717, 1.165) is 13.0 Å². The number of rotatable bonds is 10. The topological polar surface area (TPSA) is 95.9 Å². The van der Waals surface area contributed by atoms with Crippen LogP contribution in [0.15, 0.2) is 29.2 Å². The van der Waals surface area contributed by atoms with E-state index in [-0.39, 0.29) is 11.3 Å². The fraction of sp³-hybridized carbons (Fsp3) is 0.533. The predicted molar refractivity (Wildman–Crippen MR) is 87.1 cm³/mol. The highest BCUT2D eigenvalue weighted by molar-refractivity contribution is 7.89. The van der Waals surface area contributed by atoms with Crippen molar-refractivity contribution in [2.45, 2.75) is 30.2 Å². The number of methoxy groups -OCH3 is 1. The lowest BCUT2D eigenvalue weighted by Crippen LogP contribution is -2.40. The van der Waals surface area contributed by atoms with Crippen molar-refractivity contribution < 1.29 is 23.1 Å². The zero-order valence-electron chi connectivity index (χ0n) is 13.7. The molecule has 0 aliphatic rings. The molecule has 8 heteroatoms. The average molecular weight is 344 g/mol. The Labute approximate surface area is 137 Å². The van der Waals surface area contributed by atoms with Gasteiger partial charge in [0.15, 0.2) is 0 Å². The molecular weight excluding hydrogens is 320 g/mol. The van der Waals surface area contributed by atoms with Crippen LogP contribution in [0.25, 0.3) is 0 Å². The first-order valence-electron chi connectivity index (χ1n) is 7.30. The standard InChI is InChI=1S/C15H24N2O5S/c1-17(2)11-5-4-6-14(15(18)19)16-23(20,21)13-9-7-12(22-3)8-10-13/h7-10,14,16H,4-6,11H2,1-3H3,(H,18,19)/t14-/m1/s1. The summed E-state index contributed by atoms with van der Waals surface area (Å²) in [5, 5.41) is 9.22. The maximum Gasteiger partial charge on any atom is 0.321 e. The second-order valence-corrected chi connectivity index (χ2v) is 7.20. The number of unbranched alkanes of at least 4 members (excludes halogenated alkanes) is 1. The van der Waals surface area contributed by atoms with E-state index in [1.807, 2.05) is 19.0 Å². The number of hydrogen-bond donors (Lipinski definition) is 2. The molecule has 0 aliphatic heterocycles. The summed E-state index contributed by atoms with van der Waals surface area (Å²) in [7, 11) is 1.47. The van der Waals surface area contributed by atoms with E-state index in [1.165, 1.54) is 31.4 Å². The Hall–Kier alpha value is -1.64. The van der Waals surface area contributed by atoms with Gasteiger partial charge in [0.05, 0.1) is 12.0 Å². The highest BCUT2D eigenvalue weighted by atomic mass is 32.2. The van der Waals surface area contributed by atoms with Crippen molar-refractivity contribution in [2.24, 2.45) is 0 Å². The molecule has 0 aliphatic carbocycles. The molecule has 2 N–H and O–H groups in total. The smallest absolute Gasteiger partial charge is 0.321 e. The van der Waals surface area contributed by atoms with Gasteiger partial charge in [-0.15, -0.1) is 0 Å². The molecular formula is C15H24N2O5S. The predicted octanol–water partition coefficient (Wildman–Crippen LogP) is 1.16. The van der Waals surface area contributed by atoms with Gasteiger partial charge in [0.2, 0.25) is 10.0 Å². The number of carbonyl (C=O) groups is 1. The van der Waals surface area contributed by atoms with Crippen molar-refractivity contribution in [3.8, 4) is 5.75 Å². The van der Waals surface area contributed by atoms with Crippen LogP contribution in [-0.4, -0.2) is 58.2 Å². The minimum Gasteiger partial charge on any atom is -0.497 e. The largest absolute Gasteiger partial charge is 0.497 e. The summed E-state index contributed by atoms with van der Waals surface area (Å²) < 4.78 is 31.8. The Bertz CT molecular complexity index is 599. The van der Waals surface area contributed by atoms with Crippen LogP contribution in [0, 0.1) is 0 Å². The molecule has 0 radical (unpaired) electrons. The SMILES string of the molecule is COc1ccc(S(=O)(=O)N[C@H](CCCCN(C)C)C(=O)O)cc1. The number of ether oxygens (including phenoxy) is 1. The molecule has 0 bridgehead atoms. The highest BCUT2D eigenvalue weighted by Gasteiger charge is 2.25. The van der Waals surface area contributed by atoms with Crippen molar-refractivity contribution in [1.82, 2.24) is 9.62 Å². The average Bonchev–Trinajstić information content (AvgIpc) is 2.49. The summed E-state index contributed by atoms with van der Waals surface area (Å²) in [6.07, 6.45) is 1.68. The molecule has 1 rings (SSSR count). The van der Waals surface area contributed by atoms with Crippen LogP contribution >= 0.6 is 0 Å². The van der Waals surface area contributed by atoms with Gasteiger partial charge in [-0.3, -0.25) is 4.79 Å². The summed E-state index contributed by atoms with van der Waals surface area (Å²) in [5.41, 5.74) is 0. The van der Waals surface area contributed by atoms with Crippen molar-refractivity contribution in [2.75, 3.05) is 27.7 Å². The summed E-state index contributed by atoms with van der Waals surface area (Å²) >= 11 is 0. The van der Waals surface area contributed by atoms with Gasteiger partial charge in [-0.25, -0.2) is 8.42 Å². The Morgan fingerprint density at radius 3 is 2.35 bits per heavy atom. The third kappa shape index (κ3) is 6.55. The van der Waals surface area contributed by atoms with Crippen LogP contribution in [0.4, 0.5) is 0 Å². The second kappa shape index (κ2) is 8.85. The number of aliphatic carboxylic acids is 1. The molecule has 1 atom stereocenters. The van der Waals surface area contributed by atoms with Crippen LogP contribution in [-0.2, 0) is 14.8 Å². The number of sulfonamides is 1. The quantitative estimate of drug-likeness (QED) is 0.618. The minimum atomic E-state index is -3.88. The first-order chi connectivity index (χ1) is 10.8. The molecule has 130 valence electrons. The fourth-order valence-electron chi connectivity index (χ4n) is 2.02. The van der Waals surface area contributed by atoms with Crippen molar-refractivity contribution >= 4 is 16.0 Å². The Morgan fingerprint density at radius 1 is 1.26 bits per heavy atom. The van der Waals surface area contributed by atoms with E-state index in [4.69, 9.17) is 4.74 Å². The van der Waals surface area contributed by atoms with Gasteiger partial charge >= 0.3 is 5.97 Å². The van der Waals surface area contributed by atoms with Gasteiger partial charge in [0.1, 0.15) is 11.8 Å². The lowest BCUT2D eigenvalue weighted by molar-refractivity contribution is -0.139. The Balaban J connectivity index is 2.71. The normalized spacial score (nSPS) is 13.0. The summed E-state index contributed by atoms with van der Waals surface area (Å²) in [5.74, 6) is -0.644. The monoisotopic (exact) mass is 344 g/mol. The number of carboxylic acids is 1. The van der Waals surface area contributed by atoms with E-state index >= 15 is 0 Å². The number of nitrogens with zero attached hydrogens (tertiary/aromatic N) is 1. The van der Waals surface area contributed by atoms with Gasteiger partial charge in [0.25, 0.3) is 0 Å². The maximum atomic E-state index is 12.3. The Kier molecular flexibility index (Phi) is 7.47. The zero-order valence-corrected chi connectivity index (χ0v) is 14.5. The van der Waals surface area contributed by atoms with E-state index in [9.17, 15) is 18.3 Å². The number of benzene rings is 1. The van der Waals surface area contributed by atoms with Crippen molar-refractivity contribution in [3.05, 3.63) is 24.3 Å². The number of carboxylic acid groups (broad SMARTS) is 1. The van der Waals surface area contributed by atoms with E-state index in [1.54, 1.807) is 0 Å². The number of hydrogen-bond acceptors (Lipinski definition) is 5. The lowest BCUT2D eigenvalue weighted by atomic mass is 10.1. The summed E-state index contributed by atoms with van der Waals surface area (Å²) in [4.78, 5) is 13.3. The van der Waals surface area contributed by atoms with Crippen molar-refractivity contribution in [1.29, 1.82) is 0 Å². The summed E-state index contributed by atoms with van der Waals surface area (Å²) in [6, 6.07) is 4.66. The molecule has 0 saturated carbocycles. The van der Waals surface area contributed by atoms with Crippen LogP contribution in [0.2, 0.25) is 0 Å². The molecule has 7 nitrogen and oxygen atoms in total. The lowest BCUT2D eigenvalue weighted by Gasteiger charge is -2.16. The summed E-state index contributed by atoms with van der Waals surface area (Å²) in [6.45, 7) is 0.831. The van der Waals surface area contributed by atoms with Crippen LogP contribution in [0.1, 0.15) is 19.3 Å². The van der Waals surface area contributed by atoms with Gasteiger partial charge < -0.3 is 14.7 Å². The van der Waals surface area contributed by atoms with Gasteiger partial charge in [-0.2, -0.15) is 4.72 Å². The zero-order chi connectivity index (χ0) is 17.5. The molecule has 0 heterocycles. The molecule has 23 heavy (non-hydrogen) atoms. The minimum absolute atomic E-state index is 0.0119. The molecule has 0 spiro atoms. The molecule has 0 aromatic heterocycles. The van der Waals surface area contributed by atoms with Gasteiger partial charge in [-0.1, -0.05) is 0 Å². The van der Waals surface area contributed by atoms with Crippen LogP contribution < -0.4 is 9.46 Å². The molecule has 0 saturated heterocycles. The van der Waals surface area contributed by atoms with Gasteiger partial charge in [0, 0.05) is 0 Å². The van der Waals surface area contributed by atoms with Crippen LogP contribution in [0.5, 0.6) is 5.75 Å². The third-order valence-corrected chi connectivity index (χ3v) is 4.80. The Morgan fingerprint density at radius 2 is 1.87 bits per heavy atom. The molecule has 0 amide bonds. The molecule has 1 aromatic carbocycles. The molecule has 1 aromatic rings. The van der Waals surface area contributed by atoms with Crippen molar-refractivity contribution in [3.63, 3.8) is 0 Å². The maximum absolute atomic E-state index is 12.3. The highest BCUT2D eigenvalue weighted by Crippen LogP contribution is 2.16. The second-order valence-electron chi connectivity index (χ2n) is 5.49. The first-order valence-corrected chi connectivity index (χ1v) is 8.78. The number of nitrogens with one attached hydrogen (secondary N) is 1. The third-order valence-electron chi connectivity index (χ3n) is 3.31. The molecule has 0 unspecified atom stereocenters. The first kappa shape index (κ1) is 19.4. The van der Waals surface area contributed by atoms with E-state index < -0.39 is 22.0 Å².